The number of hydrogen-bond acceptors (Lipinski definition) is 5. The first-order valence-electron chi connectivity index (χ1n) is 9.86. The monoisotopic (exact) mass is 426 g/mol. The van der Waals surface area contributed by atoms with Crippen molar-refractivity contribution in [3.8, 4) is 0 Å². The van der Waals surface area contributed by atoms with E-state index in [2.05, 4.69) is 22.8 Å². The van der Waals surface area contributed by atoms with E-state index in [4.69, 9.17) is 0 Å². The predicted octanol–water partition coefficient (Wildman–Crippen LogP) is 1.97. The molecule has 0 bridgehead atoms. The number of nitrogens with one attached hydrogen (secondary N) is 3. The Morgan fingerprint density at radius 2 is 1.97 bits per heavy atom. The van der Waals surface area contributed by atoms with Crippen LogP contribution in [0, 0.1) is 5.92 Å². The molecule has 2 heterocycles. The van der Waals surface area contributed by atoms with Crippen molar-refractivity contribution < 1.29 is 9.59 Å². The van der Waals surface area contributed by atoms with E-state index in [-0.39, 0.29) is 11.5 Å². The van der Waals surface area contributed by atoms with Crippen molar-refractivity contribution in [2.75, 3.05) is 0 Å². The third-order valence-electron chi connectivity index (χ3n) is 5.40. The van der Waals surface area contributed by atoms with Gasteiger partial charge in [-0.25, -0.2) is 0 Å². The SMILES string of the molecule is CCn1c(=O)c(=O)[nH]c2cc(C(=O)NNC(=O)c3cc4c(s3)CC[C@@H](C)C4)ccc21. The summed E-state index contributed by atoms with van der Waals surface area (Å²) < 4.78 is 1.34. The fourth-order valence-corrected chi connectivity index (χ4v) is 4.90. The van der Waals surface area contributed by atoms with Gasteiger partial charge in [-0.1, -0.05) is 6.92 Å². The van der Waals surface area contributed by atoms with Gasteiger partial charge in [0.2, 0.25) is 0 Å². The Morgan fingerprint density at radius 3 is 2.73 bits per heavy atom. The lowest BCUT2D eigenvalue weighted by Gasteiger charge is -2.16. The molecule has 0 radical (unpaired) electrons. The van der Waals surface area contributed by atoms with E-state index >= 15 is 0 Å². The summed E-state index contributed by atoms with van der Waals surface area (Å²) in [7, 11) is 0. The van der Waals surface area contributed by atoms with Crippen LogP contribution in [0.5, 0.6) is 0 Å². The Labute approximate surface area is 175 Å². The topological polar surface area (TPSA) is 113 Å². The van der Waals surface area contributed by atoms with Crippen LogP contribution in [0.4, 0.5) is 0 Å². The van der Waals surface area contributed by atoms with E-state index < -0.39 is 17.0 Å². The van der Waals surface area contributed by atoms with Gasteiger partial charge in [0, 0.05) is 17.0 Å². The Bertz CT molecular complexity index is 1270. The number of H-pyrrole nitrogens is 1. The number of aromatic nitrogens is 2. The number of thiophene rings is 1. The number of carbonyl (C=O) groups excluding carboxylic acids is 2. The highest BCUT2D eigenvalue weighted by atomic mass is 32.1. The van der Waals surface area contributed by atoms with Crippen LogP contribution in [0.3, 0.4) is 0 Å². The van der Waals surface area contributed by atoms with Gasteiger partial charge in [0.05, 0.1) is 15.9 Å². The van der Waals surface area contributed by atoms with E-state index in [0.717, 1.165) is 19.3 Å². The Kier molecular flexibility index (Phi) is 5.29. The van der Waals surface area contributed by atoms with E-state index in [1.165, 1.54) is 32.4 Å². The fraction of sp³-hybridized carbons (Fsp3) is 0.333. The molecule has 1 atom stereocenters. The van der Waals surface area contributed by atoms with Gasteiger partial charge >= 0.3 is 11.1 Å². The van der Waals surface area contributed by atoms with Gasteiger partial charge in [-0.2, -0.15) is 0 Å². The number of aromatic amines is 1. The highest BCUT2D eigenvalue weighted by molar-refractivity contribution is 7.14. The third-order valence-corrected chi connectivity index (χ3v) is 6.63. The van der Waals surface area contributed by atoms with E-state index in [1.807, 2.05) is 6.07 Å². The second-order valence-corrected chi connectivity index (χ2v) is 8.69. The maximum absolute atomic E-state index is 12.5. The van der Waals surface area contributed by atoms with Gasteiger partial charge < -0.3 is 9.55 Å². The number of amides is 2. The van der Waals surface area contributed by atoms with Gasteiger partial charge in [0.1, 0.15) is 0 Å². The normalized spacial score (nSPS) is 15.6. The number of nitrogens with zero attached hydrogens (tertiary/aromatic N) is 1. The molecule has 3 N–H and O–H groups in total. The standard InChI is InChI=1S/C21H22N4O4S/c1-3-25-15-6-5-12(9-14(15)22-20(28)21(25)29)18(26)23-24-19(27)17-10-13-8-11(2)4-7-16(13)30-17/h5-6,9-11H,3-4,7-8H2,1-2H3,(H,22,28)(H,23,26)(H,24,27)/t11-/m1/s1. The summed E-state index contributed by atoms with van der Waals surface area (Å²) in [6.07, 6.45) is 3.09. The van der Waals surface area contributed by atoms with Crippen molar-refractivity contribution in [1.82, 2.24) is 20.4 Å². The molecule has 0 saturated heterocycles. The molecule has 3 aromatic rings. The van der Waals surface area contributed by atoms with Crippen molar-refractivity contribution in [3.63, 3.8) is 0 Å². The first-order valence-corrected chi connectivity index (χ1v) is 10.7. The van der Waals surface area contributed by atoms with Crippen LogP contribution in [0.25, 0.3) is 11.0 Å². The maximum Gasteiger partial charge on any atom is 0.316 e. The van der Waals surface area contributed by atoms with Gasteiger partial charge in [-0.05, 0) is 61.9 Å². The Hall–Kier alpha value is -3.20. The number of hydrazine groups is 1. The highest BCUT2D eigenvalue weighted by Crippen LogP contribution is 2.32. The zero-order valence-electron chi connectivity index (χ0n) is 16.7. The van der Waals surface area contributed by atoms with Crippen LogP contribution in [0.15, 0.2) is 33.9 Å². The highest BCUT2D eigenvalue weighted by Gasteiger charge is 2.21. The van der Waals surface area contributed by atoms with Crippen molar-refractivity contribution in [2.24, 2.45) is 5.92 Å². The Morgan fingerprint density at radius 1 is 1.20 bits per heavy atom. The van der Waals surface area contributed by atoms with E-state index in [9.17, 15) is 19.2 Å². The molecule has 30 heavy (non-hydrogen) atoms. The summed E-state index contributed by atoms with van der Waals surface area (Å²) in [6, 6.07) is 6.53. The molecule has 156 valence electrons. The quantitative estimate of drug-likeness (QED) is 0.439. The molecule has 2 amide bonds. The molecule has 8 nitrogen and oxygen atoms in total. The minimum absolute atomic E-state index is 0.249. The smallest absolute Gasteiger partial charge is 0.316 e. The molecule has 9 heteroatoms. The van der Waals surface area contributed by atoms with E-state index in [1.54, 1.807) is 19.1 Å². The Balaban J connectivity index is 1.49. The van der Waals surface area contributed by atoms with Gasteiger partial charge in [-0.3, -0.25) is 30.0 Å². The van der Waals surface area contributed by atoms with Crippen LogP contribution < -0.4 is 22.0 Å². The van der Waals surface area contributed by atoms with Gasteiger partial charge in [0.25, 0.3) is 11.8 Å². The summed E-state index contributed by atoms with van der Waals surface area (Å²) in [5, 5.41) is 0. The summed E-state index contributed by atoms with van der Waals surface area (Å²) in [6.45, 7) is 4.31. The number of fused-ring (bicyclic) bond motifs is 2. The number of benzene rings is 1. The summed E-state index contributed by atoms with van der Waals surface area (Å²) in [5.41, 5.74) is 5.86. The molecular formula is C21H22N4O4S. The van der Waals surface area contributed by atoms with Gasteiger partial charge in [0.15, 0.2) is 0 Å². The lowest BCUT2D eigenvalue weighted by atomic mass is 9.90. The molecule has 0 unspecified atom stereocenters. The molecule has 4 rings (SSSR count). The van der Waals surface area contributed by atoms with Crippen LogP contribution in [-0.2, 0) is 19.4 Å². The maximum atomic E-state index is 12.5. The molecule has 0 aliphatic heterocycles. The number of hydrogen-bond donors (Lipinski definition) is 3. The zero-order chi connectivity index (χ0) is 21.4. The van der Waals surface area contributed by atoms with Crippen LogP contribution in [-0.4, -0.2) is 21.4 Å². The first kappa shape index (κ1) is 20.1. The van der Waals surface area contributed by atoms with E-state index in [0.29, 0.717) is 28.4 Å². The van der Waals surface area contributed by atoms with Crippen LogP contribution >= 0.6 is 11.3 Å². The average molecular weight is 426 g/mol. The van der Waals surface area contributed by atoms with Crippen molar-refractivity contribution >= 4 is 34.2 Å². The van der Waals surface area contributed by atoms with Crippen LogP contribution in [0.1, 0.15) is 50.7 Å². The molecule has 1 aliphatic carbocycles. The lowest BCUT2D eigenvalue weighted by molar-refractivity contribution is 0.0849. The number of carbonyl (C=O) groups is 2. The number of rotatable bonds is 3. The minimum Gasteiger partial charge on any atom is -0.316 e. The summed E-state index contributed by atoms with van der Waals surface area (Å²) >= 11 is 1.47. The molecule has 2 aromatic heterocycles. The van der Waals surface area contributed by atoms with Crippen LogP contribution in [0.2, 0.25) is 0 Å². The molecule has 0 fully saturated rings. The zero-order valence-corrected chi connectivity index (χ0v) is 17.5. The van der Waals surface area contributed by atoms with Gasteiger partial charge in [-0.15, -0.1) is 11.3 Å². The molecule has 1 aliphatic rings. The summed E-state index contributed by atoms with van der Waals surface area (Å²) in [5.74, 6) is -0.258. The van der Waals surface area contributed by atoms with Crippen molar-refractivity contribution in [1.29, 1.82) is 0 Å². The largest absolute Gasteiger partial charge is 0.316 e. The fourth-order valence-electron chi connectivity index (χ4n) is 3.80. The minimum atomic E-state index is -0.744. The molecular weight excluding hydrogens is 404 g/mol. The summed E-state index contributed by atoms with van der Waals surface area (Å²) in [4.78, 5) is 53.0. The lowest BCUT2D eigenvalue weighted by Crippen LogP contribution is -2.41. The number of aryl methyl sites for hydroxylation is 2. The predicted molar refractivity (Wildman–Crippen MR) is 115 cm³/mol. The average Bonchev–Trinajstić information content (AvgIpc) is 3.15. The second kappa shape index (κ2) is 7.91. The molecule has 0 spiro atoms. The second-order valence-electron chi connectivity index (χ2n) is 7.55. The first-order chi connectivity index (χ1) is 14.4. The van der Waals surface area contributed by atoms with Crippen molar-refractivity contribution in [2.45, 2.75) is 39.7 Å². The third kappa shape index (κ3) is 3.68. The molecule has 1 aromatic carbocycles. The van der Waals surface area contributed by atoms with Crippen molar-refractivity contribution in [3.05, 3.63) is 65.9 Å². The molecule has 0 saturated carbocycles.